The molecule has 2 aromatic rings. The van der Waals surface area contributed by atoms with E-state index in [2.05, 4.69) is 20.1 Å². The van der Waals surface area contributed by atoms with Gasteiger partial charge in [-0.3, -0.25) is 5.32 Å². The van der Waals surface area contributed by atoms with Crippen LogP contribution < -0.4 is 16.0 Å². The first kappa shape index (κ1) is 24.8. The molecule has 1 saturated heterocycles. The molecule has 5 N–H and O–H groups in total. The summed E-state index contributed by atoms with van der Waals surface area (Å²) >= 11 is 0. The number of benzene rings is 1. The minimum absolute atomic E-state index is 0.118. The quantitative estimate of drug-likeness (QED) is 0.187. The number of carbonyl (C=O) groups is 1. The van der Waals surface area contributed by atoms with E-state index in [1.165, 1.54) is 0 Å². The SMILES string of the molecule is NC(=NCc1cccc(-c2cnc(N3CCC(=NOCCCCO)CC3)nc2)c1F)NC(=O)O. The summed E-state index contributed by atoms with van der Waals surface area (Å²) in [7, 11) is 0. The molecular formula is C22H28FN7O4. The number of hydrogen-bond acceptors (Lipinski definition) is 8. The van der Waals surface area contributed by atoms with E-state index in [0.717, 1.165) is 25.0 Å². The minimum atomic E-state index is -1.34. The Labute approximate surface area is 196 Å². The third kappa shape index (κ3) is 7.10. The van der Waals surface area contributed by atoms with Crippen molar-refractivity contribution < 1.29 is 24.2 Å². The fourth-order valence-corrected chi connectivity index (χ4v) is 3.34. The van der Waals surface area contributed by atoms with Crippen LogP contribution in [0.1, 0.15) is 31.2 Å². The van der Waals surface area contributed by atoms with E-state index in [-0.39, 0.29) is 24.7 Å². The van der Waals surface area contributed by atoms with Gasteiger partial charge in [0.25, 0.3) is 0 Å². The van der Waals surface area contributed by atoms with Crippen LogP contribution in [-0.2, 0) is 11.4 Å². The average molecular weight is 474 g/mol. The number of hydrogen-bond donors (Lipinski definition) is 4. The summed E-state index contributed by atoms with van der Waals surface area (Å²) in [6, 6.07) is 4.84. The number of rotatable bonds is 9. The molecule has 0 radical (unpaired) electrons. The number of carboxylic acid groups (broad SMARTS) is 1. The Morgan fingerprint density at radius 2 is 1.97 bits per heavy atom. The number of aliphatic hydroxyl groups excluding tert-OH is 1. The lowest BCUT2D eigenvalue weighted by atomic mass is 10.0. The molecule has 0 spiro atoms. The number of guanidine groups is 1. The number of oxime groups is 1. The van der Waals surface area contributed by atoms with Crippen LogP contribution in [0.4, 0.5) is 15.1 Å². The Morgan fingerprint density at radius 1 is 1.24 bits per heavy atom. The van der Waals surface area contributed by atoms with Gasteiger partial charge < -0.3 is 25.7 Å². The lowest BCUT2D eigenvalue weighted by Gasteiger charge is -2.27. The van der Waals surface area contributed by atoms with Crippen LogP contribution in [0.2, 0.25) is 0 Å². The van der Waals surface area contributed by atoms with Crippen molar-refractivity contribution in [1.82, 2.24) is 15.3 Å². The van der Waals surface area contributed by atoms with Gasteiger partial charge in [-0.2, -0.15) is 0 Å². The molecule has 1 aliphatic rings. The zero-order valence-corrected chi connectivity index (χ0v) is 18.7. The van der Waals surface area contributed by atoms with Crippen molar-refractivity contribution in [3.8, 4) is 11.1 Å². The van der Waals surface area contributed by atoms with Gasteiger partial charge >= 0.3 is 6.09 Å². The molecule has 0 bridgehead atoms. The lowest BCUT2D eigenvalue weighted by Crippen LogP contribution is -2.35. The molecule has 34 heavy (non-hydrogen) atoms. The highest BCUT2D eigenvalue weighted by atomic mass is 19.1. The van der Waals surface area contributed by atoms with E-state index in [1.807, 2.05) is 10.2 Å². The van der Waals surface area contributed by atoms with E-state index >= 15 is 0 Å². The first-order valence-corrected chi connectivity index (χ1v) is 10.9. The Balaban J connectivity index is 1.60. The van der Waals surface area contributed by atoms with Crippen molar-refractivity contribution in [2.45, 2.75) is 32.2 Å². The molecule has 0 saturated carbocycles. The van der Waals surface area contributed by atoms with Gasteiger partial charge in [-0.25, -0.2) is 24.1 Å². The standard InChI is InChI=1S/C22H28FN7O4/c23-19-15(12-25-20(24)28-22(32)33)4-3-5-18(19)16-13-26-21(27-14-16)30-8-6-17(7-9-30)29-34-11-2-1-10-31/h3-5,13-14,31H,1-2,6-12H2,(H,32,33)(H3,24,25,28). The number of nitrogens with one attached hydrogen (secondary N) is 1. The van der Waals surface area contributed by atoms with Gasteiger partial charge in [0, 0.05) is 61.6 Å². The fraction of sp³-hybridized carbons (Fsp3) is 0.409. The average Bonchev–Trinajstić information content (AvgIpc) is 2.83. The van der Waals surface area contributed by atoms with E-state index in [9.17, 15) is 9.18 Å². The maximum atomic E-state index is 15.0. The van der Waals surface area contributed by atoms with Gasteiger partial charge in [-0.05, 0) is 12.8 Å². The van der Waals surface area contributed by atoms with Crippen LogP contribution in [0.5, 0.6) is 0 Å². The molecule has 3 rings (SSSR count). The summed E-state index contributed by atoms with van der Waals surface area (Å²) in [6.45, 7) is 1.93. The number of nitrogens with zero attached hydrogens (tertiary/aromatic N) is 5. The maximum absolute atomic E-state index is 15.0. The number of amides is 1. The Morgan fingerprint density at radius 3 is 2.65 bits per heavy atom. The van der Waals surface area contributed by atoms with Crippen molar-refractivity contribution in [3.63, 3.8) is 0 Å². The van der Waals surface area contributed by atoms with Crippen LogP contribution in [0.15, 0.2) is 40.7 Å². The molecule has 0 unspecified atom stereocenters. The Hall–Kier alpha value is -3.80. The molecule has 11 nitrogen and oxygen atoms in total. The number of nitrogens with two attached hydrogens (primary N) is 1. The highest BCUT2D eigenvalue weighted by Crippen LogP contribution is 2.25. The largest absolute Gasteiger partial charge is 0.465 e. The second kappa shape index (κ2) is 12.4. The Kier molecular flexibility index (Phi) is 9.09. The predicted molar refractivity (Wildman–Crippen MR) is 125 cm³/mol. The molecule has 0 atom stereocenters. The maximum Gasteiger partial charge on any atom is 0.411 e. The van der Waals surface area contributed by atoms with E-state index in [4.69, 9.17) is 20.8 Å². The summed E-state index contributed by atoms with van der Waals surface area (Å²) in [5.74, 6) is -0.253. The molecular weight excluding hydrogens is 445 g/mol. The monoisotopic (exact) mass is 473 g/mol. The third-order valence-corrected chi connectivity index (χ3v) is 5.14. The fourth-order valence-electron chi connectivity index (χ4n) is 3.34. The second-order valence-electron chi connectivity index (χ2n) is 7.59. The van der Waals surface area contributed by atoms with Gasteiger partial charge in [0.05, 0.1) is 12.3 Å². The number of piperidine rings is 1. The topological polar surface area (TPSA) is 159 Å². The van der Waals surface area contributed by atoms with Gasteiger partial charge in [0.15, 0.2) is 5.96 Å². The highest BCUT2D eigenvalue weighted by molar-refractivity contribution is 5.92. The molecule has 182 valence electrons. The molecule has 1 aromatic carbocycles. The number of anilines is 1. The number of aliphatic imine (C=N–C) groups is 1. The predicted octanol–water partition coefficient (Wildman–Crippen LogP) is 2.11. The van der Waals surface area contributed by atoms with Crippen molar-refractivity contribution >= 4 is 23.7 Å². The third-order valence-electron chi connectivity index (χ3n) is 5.14. The van der Waals surface area contributed by atoms with Gasteiger partial charge in [0.2, 0.25) is 5.95 Å². The number of aliphatic hydroxyl groups is 1. The first-order valence-electron chi connectivity index (χ1n) is 10.9. The van der Waals surface area contributed by atoms with Crippen molar-refractivity contribution in [2.75, 3.05) is 31.2 Å². The smallest absolute Gasteiger partial charge is 0.411 e. The number of aromatic nitrogens is 2. The summed E-state index contributed by atoms with van der Waals surface area (Å²) in [6.07, 6.45) is 4.75. The lowest BCUT2D eigenvalue weighted by molar-refractivity contribution is 0.132. The zero-order valence-electron chi connectivity index (χ0n) is 18.7. The van der Waals surface area contributed by atoms with Crippen LogP contribution in [-0.4, -0.2) is 64.2 Å². The van der Waals surface area contributed by atoms with E-state index in [0.29, 0.717) is 43.2 Å². The molecule has 12 heteroatoms. The summed E-state index contributed by atoms with van der Waals surface area (Å²) in [5.41, 5.74) is 7.52. The zero-order chi connectivity index (χ0) is 24.3. The summed E-state index contributed by atoms with van der Waals surface area (Å²) < 4.78 is 15.0. The molecule has 1 amide bonds. The molecule has 1 aliphatic heterocycles. The highest BCUT2D eigenvalue weighted by Gasteiger charge is 2.18. The van der Waals surface area contributed by atoms with Crippen molar-refractivity contribution in [2.24, 2.45) is 15.9 Å². The first-order chi connectivity index (χ1) is 16.5. The van der Waals surface area contributed by atoms with Crippen LogP contribution in [0.25, 0.3) is 11.1 Å². The van der Waals surface area contributed by atoms with Crippen LogP contribution in [0, 0.1) is 5.82 Å². The van der Waals surface area contributed by atoms with Gasteiger partial charge in [0.1, 0.15) is 12.4 Å². The van der Waals surface area contributed by atoms with E-state index in [1.54, 1.807) is 30.6 Å². The summed E-state index contributed by atoms with van der Waals surface area (Å²) in [5, 5.41) is 23.5. The molecule has 2 heterocycles. The van der Waals surface area contributed by atoms with Crippen molar-refractivity contribution in [3.05, 3.63) is 42.0 Å². The minimum Gasteiger partial charge on any atom is -0.465 e. The number of halogens is 1. The second-order valence-corrected chi connectivity index (χ2v) is 7.59. The van der Waals surface area contributed by atoms with E-state index < -0.39 is 11.9 Å². The Bertz CT molecular complexity index is 1020. The van der Waals surface area contributed by atoms with Gasteiger partial charge in [-0.1, -0.05) is 23.4 Å². The molecule has 1 aromatic heterocycles. The number of unbranched alkanes of at least 4 members (excludes halogenated alkanes) is 1. The normalized spacial score (nSPS) is 14.1. The van der Waals surface area contributed by atoms with Crippen LogP contribution in [0.3, 0.4) is 0 Å². The molecule has 0 aliphatic carbocycles. The molecule has 1 fully saturated rings. The van der Waals surface area contributed by atoms with Gasteiger partial charge in [-0.15, -0.1) is 0 Å². The van der Waals surface area contributed by atoms with Crippen LogP contribution >= 0.6 is 0 Å². The summed E-state index contributed by atoms with van der Waals surface area (Å²) in [4.78, 5) is 30.6. The van der Waals surface area contributed by atoms with Crippen molar-refractivity contribution in [1.29, 1.82) is 0 Å².